The lowest BCUT2D eigenvalue weighted by Gasteiger charge is -2.63. The van der Waals surface area contributed by atoms with Crippen LogP contribution in [0.1, 0.15) is 108 Å². The lowest BCUT2D eigenvalue weighted by Crippen LogP contribution is -2.64. The standard InChI is InChI=1S/C34H48F2O4/c1-21(8-7-15-33(39)18-19-33)23-11-12-24-28-25(13-16-31(23,24)2)32(3)17-14-27(29(37)26(32)20-34(28,35)36)40-30(38)22-9-5-4-6-10-22/h4-6,9-10,21,23-29,37,39H,7-8,11-20H2,1-3H3/t21-,23-,24+,25+,26+,27+,28+,29-,31-,32-/m1/s1. The lowest BCUT2D eigenvalue weighted by atomic mass is 9.43. The second-order valence-corrected chi connectivity index (χ2v) is 15.0. The van der Waals surface area contributed by atoms with Crippen molar-refractivity contribution in [1.29, 1.82) is 0 Å². The number of alkyl halides is 2. The topological polar surface area (TPSA) is 66.8 Å². The minimum absolute atomic E-state index is 0.00451. The van der Waals surface area contributed by atoms with Gasteiger partial charge in [-0.3, -0.25) is 0 Å². The summed E-state index contributed by atoms with van der Waals surface area (Å²) < 4.78 is 38.4. The zero-order valence-corrected chi connectivity index (χ0v) is 24.5. The Morgan fingerprint density at radius 2 is 1.65 bits per heavy atom. The van der Waals surface area contributed by atoms with Gasteiger partial charge in [0.15, 0.2) is 0 Å². The fraction of sp³-hybridized carbons (Fsp3) is 0.794. The van der Waals surface area contributed by atoms with E-state index in [1.807, 2.05) is 6.07 Å². The van der Waals surface area contributed by atoms with Crippen LogP contribution < -0.4 is 0 Å². The van der Waals surface area contributed by atoms with E-state index in [0.717, 1.165) is 57.8 Å². The third-order valence-corrected chi connectivity index (χ3v) is 12.9. The summed E-state index contributed by atoms with van der Waals surface area (Å²) in [6, 6.07) is 8.69. The maximum Gasteiger partial charge on any atom is 0.338 e. The van der Waals surface area contributed by atoms with Gasteiger partial charge in [-0.25, -0.2) is 13.6 Å². The number of esters is 1. The van der Waals surface area contributed by atoms with Gasteiger partial charge >= 0.3 is 5.97 Å². The van der Waals surface area contributed by atoms with E-state index in [1.165, 1.54) is 0 Å². The van der Waals surface area contributed by atoms with Gasteiger partial charge in [0.25, 0.3) is 5.92 Å². The lowest BCUT2D eigenvalue weighted by molar-refractivity contribution is -0.258. The van der Waals surface area contributed by atoms with E-state index in [-0.39, 0.29) is 29.1 Å². The fourth-order valence-electron chi connectivity index (χ4n) is 10.4. The molecule has 4 nitrogen and oxygen atoms in total. The molecule has 40 heavy (non-hydrogen) atoms. The number of hydrogen-bond donors (Lipinski definition) is 2. The molecule has 5 saturated carbocycles. The maximum atomic E-state index is 16.3. The van der Waals surface area contributed by atoms with Crippen molar-refractivity contribution in [2.45, 2.75) is 122 Å². The van der Waals surface area contributed by atoms with Crippen LogP contribution in [0.25, 0.3) is 0 Å². The molecule has 1 aromatic rings. The third-order valence-electron chi connectivity index (χ3n) is 12.9. The first-order chi connectivity index (χ1) is 18.9. The Hall–Kier alpha value is -1.53. The number of aliphatic hydroxyl groups excluding tert-OH is 1. The molecule has 0 saturated heterocycles. The summed E-state index contributed by atoms with van der Waals surface area (Å²) >= 11 is 0. The minimum atomic E-state index is -2.85. The first-order valence-corrected chi connectivity index (χ1v) is 15.9. The quantitative estimate of drug-likeness (QED) is 0.342. The highest BCUT2D eigenvalue weighted by molar-refractivity contribution is 5.89. The molecule has 6 rings (SSSR count). The zero-order chi connectivity index (χ0) is 28.5. The first-order valence-electron chi connectivity index (χ1n) is 15.9. The van der Waals surface area contributed by atoms with Crippen LogP contribution in [-0.4, -0.2) is 39.9 Å². The third kappa shape index (κ3) is 4.73. The van der Waals surface area contributed by atoms with Crippen molar-refractivity contribution in [1.82, 2.24) is 0 Å². The van der Waals surface area contributed by atoms with Crippen molar-refractivity contribution in [3.05, 3.63) is 35.9 Å². The monoisotopic (exact) mass is 558 g/mol. The molecule has 1 aromatic carbocycles. The zero-order valence-electron chi connectivity index (χ0n) is 24.5. The van der Waals surface area contributed by atoms with Crippen molar-refractivity contribution in [2.75, 3.05) is 0 Å². The van der Waals surface area contributed by atoms with E-state index in [4.69, 9.17) is 4.74 Å². The molecule has 0 aliphatic heterocycles. The Bertz CT molecular complexity index is 1090. The summed E-state index contributed by atoms with van der Waals surface area (Å²) in [5, 5.41) is 21.7. The smallest absolute Gasteiger partial charge is 0.338 e. The summed E-state index contributed by atoms with van der Waals surface area (Å²) in [7, 11) is 0. The maximum absolute atomic E-state index is 16.3. The number of halogens is 2. The number of carbonyl (C=O) groups excluding carboxylic acids is 1. The second kappa shape index (κ2) is 10.0. The van der Waals surface area contributed by atoms with Crippen LogP contribution in [0.3, 0.4) is 0 Å². The van der Waals surface area contributed by atoms with Gasteiger partial charge in [0.1, 0.15) is 6.10 Å². The minimum Gasteiger partial charge on any atom is -0.456 e. The molecule has 0 radical (unpaired) electrons. The fourth-order valence-corrected chi connectivity index (χ4v) is 10.4. The van der Waals surface area contributed by atoms with Gasteiger partial charge in [0.2, 0.25) is 0 Å². The Labute approximate surface area is 238 Å². The largest absolute Gasteiger partial charge is 0.456 e. The molecule has 5 fully saturated rings. The molecular weight excluding hydrogens is 510 g/mol. The summed E-state index contributed by atoms with van der Waals surface area (Å²) in [5.74, 6) is -3.77. The first kappa shape index (κ1) is 28.6. The van der Waals surface area contributed by atoms with Gasteiger partial charge in [-0.15, -0.1) is 0 Å². The van der Waals surface area contributed by atoms with Crippen LogP contribution in [0.15, 0.2) is 30.3 Å². The highest BCUT2D eigenvalue weighted by atomic mass is 19.3. The molecule has 5 aliphatic carbocycles. The highest BCUT2D eigenvalue weighted by Gasteiger charge is 2.69. The molecule has 0 heterocycles. The van der Waals surface area contributed by atoms with Crippen LogP contribution in [0.5, 0.6) is 0 Å². The number of fused-ring (bicyclic) bond motifs is 5. The second-order valence-electron chi connectivity index (χ2n) is 15.0. The predicted molar refractivity (Wildman–Crippen MR) is 150 cm³/mol. The van der Waals surface area contributed by atoms with E-state index in [0.29, 0.717) is 30.2 Å². The molecule has 2 N–H and O–H groups in total. The van der Waals surface area contributed by atoms with E-state index in [1.54, 1.807) is 24.3 Å². The highest BCUT2D eigenvalue weighted by Crippen LogP contribution is 2.71. The van der Waals surface area contributed by atoms with Crippen molar-refractivity contribution in [3.8, 4) is 0 Å². The summed E-state index contributed by atoms with van der Waals surface area (Å²) in [6.07, 6.45) is 7.50. The Balaban J connectivity index is 1.17. The molecule has 0 amide bonds. The van der Waals surface area contributed by atoms with E-state index < -0.39 is 41.5 Å². The Kier molecular flexibility index (Phi) is 7.17. The number of rotatable bonds is 7. The molecule has 10 atom stereocenters. The van der Waals surface area contributed by atoms with Gasteiger partial charge in [0.05, 0.1) is 17.3 Å². The van der Waals surface area contributed by atoms with Crippen LogP contribution in [0, 0.1) is 46.3 Å². The van der Waals surface area contributed by atoms with E-state index >= 15 is 8.78 Å². The number of hydrogen-bond acceptors (Lipinski definition) is 4. The molecule has 222 valence electrons. The SMILES string of the molecule is C[C@H](CCCC1(O)CC1)[C@H]1CC[C@H]2[C@H]3[C@H](CC[C@]12C)[C@@]1(C)CC[C@H](OC(=O)c2ccccc2)[C@H](O)[C@@H]1CC3(F)F. The Morgan fingerprint density at radius 3 is 2.35 bits per heavy atom. The molecule has 0 bridgehead atoms. The summed E-state index contributed by atoms with van der Waals surface area (Å²) in [6.45, 7) is 6.76. The average molecular weight is 559 g/mol. The molecule has 5 aliphatic rings. The van der Waals surface area contributed by atoms with Gasteiger partial charge in [-0.05, 0) is 110 Å². The Morgan fingerprint density at radius 1 is 0.975 bits per heavy atom. The van der Waals surface area contributed by atoms with Crippen LogP contribution in [-0.2, 0) is 4.74 Å². The van der Waals surface area contributed by atoms with E-state index in [9.17, 15) is 15.0 Å². The van der Waals surface area contributed by atoms with Gasteiger partial charge in [-0.1, -0.05) is 51.8 Å². The number of carbonyl (C=O) groups is 1. The molecular formula is C34H48F2O4. The van der Waals surface area contributed by atoms with Gasteiger partial charge in [-0.2, -0.15) is 0 Å². The van der Waals surface area contributed by atoms with Crippen molar-refractivity contribution < 1.29 is 28.5 Å². The van der Waals surface area contributed by atoms with Crippen LogP contribution >= 0.6 is 0 Å². The molecule has 6 heteroatoms. The van der Waals surface area contributed by atoms with Crippen molar-refractivity contribution >= 4 is 5.97 Å². The van der Waals surface area contributed by atoms with E-state index in [2.05, 4.69) is 20.8 Å². The summed E-state index contributed by atoms with van der Waals surface area (Å²) in [5.41, 5.74) is -0.465. The number of aliphatic hydroxyl groups is 2. The number of benzene rings is 1. The normalized spacial score (nSPS) is 43.6. The van der Waals surface area contributed by atoms with Gasteiger partial charge < -0.3 is 14.9 Å². The number of ether oxygens (including phenoxy) is 1. The molecule has 0 unspecified atom stereocenters. The average Bonchev–Trinajstić information content (AvgIpc) is 3.54. The van der Waals surface area contributed by atoms with Crippen LogP contribution in [0.2, 0.25) is 0 Å². The van der Waals surface area contributed by atoms with Crippen LogP contribution in [0.4, 0.5) is 8.78 Å². The van der Waals surface area contributed by atoms with Crippen molar-refractivity contribution in [3.63, 3.8) is 0 Å². The molecule has 0 spiro atoms. The predicted octanol–water partition coefficient (Wildman–Crippen LogP) is 7.42. The molecule has 0 aromatic heterocycles. The summed E-state index contributed by atoms with van der Waals surface area (Å²) in [4.78, 5) is 12.7. The van der Waals surface area contributed by atoms with Gasteiger partial charge in [0, 0.05) is 12.3 Å². The van der Waals surface area contributed by atoms with Crippen molar-refractivity contribution in [2.24, 2.45) is 46.3 Å².